The predicted octanol–water partition coefficient (Wildman–Crippen LogP) is 0.611. The van der Waals surface area contributed by atoms with Crippen molar-refractivity contribution in [3.05, 3.63) is 0 Å². The van der Waals surface area contributed by atoms with Crippen LogP contribution in [0, 0.1) is 5.92 Å². The number of carbonyl (C=O) groups is 2. The number of rotatable bonds is 2. The van der Waals surface area contributed by atoms with Gasteiger partial charge in [0.25, 0.3) is 0 Å². The fourth-order valence-corrected chi connectivity index (χ4v) is 1.40. The summed E-state index contributed by atoms with van der Waals surface area (Å²) in [6.07, 6.45) is -0.616. The van der Waals surface area contributed by atoms with Crippen LogP contribution in [-0.2, 0) is 14.3 Å². The van der Waals surface area contributed by atoms with Crippen molar-refractivity contribution in [3.63, 3.8) is 0 Å². The van der Waals surface area contributed by atoms with Crippen molar-refractivity contribution in [2.75, 3.05) is 13.2 Å². The number of hydrogen-bond acceptors (Lipinski definition) is 4. The van der Waals surface area contributed by atoms with Crippen LogP contribution >= 0.6 is 0 Å². The highest BCUT2D eigenvalue weighted by Crippen LogP contribution is 2.15. The second kappa shape index (κ2) is 4.69. The third-order valence-electron chi connectivity index (χ3n) is 2.10. The van der Waals surface area contributed by atoms with Gasteiger partial charge in [-0.05, 0) is 20.8 Å². The maximum Gasteiger partial charge on any atom is 0.407 e. The number of aliphatic carboxylic acids is 1. The van der Waals surface area contributed by atoms with Gasteiger partial charge in [-0.3, -0.25) is 4.79 Å². The Kier molecular flexibility index (Phi) is 3.74. The number of carboxylic acids is 1. The van der Waals surface area contributed by atoms with Crippen molar-refractivity contribution >= 4 is 12.1 Å². The summed E-state index contributed by atoms with van der Waals surface area (Å²) in [5.41, 5.74) is -0.595. The lowest BCUT2D eigenvalue weighted by Gasteiger charge is -2.22. The van der Waals surface area contributed by atoms with Crippen molar-refractivity contribution in [3.8, 4) is 0 Å². The molecule has 1 rings (SSSR count). The van der Waals surface area contributed by atoms with Crippen LogP contribution in [-0.4, -0.2) is 42.0 Å². The molecule has 1 aliphatic rings. The lowest BCUT2D eigenvalue weighted by atomic mass is 10.0. The first-order valence-corrected chi connectivity index (χ1v) is 5.09. The van der Waals surface area contributed by atoms with Crippen LogP contribution in [0.25, 0.3) is 0 Å². The molecule has 0 aromatic carbocycles. The molecule has 92 valence electrons. The number of nitrogens with one attached hydrogen (secondary N) is 1. The van der Waals surface area contributed by atoms with Gasteiger partial charge in [0, 0.05) is 0 Å². The molecule has 0 unspecified atom stereocenters. The zero-order valence-electron chi connectivity index (χ0n) is 9.65. The highest BCUT2D eigenvalue weighted by molar-refractivity contribution is 5.74. The van der Waals surface area contributed by atoms with Crippen LogP contribution in [0.15, 0.2) is 0 Å². The summed E-state index contributed by atoms with van der Waals surface area (Å²) in [5, 5.41) is 11.4. The minimum absolute atomic E-state index is 0.121. The van der Waals surface area contributed by atoms with Crippen LogP contribution < -0.4 is 5.32 Å². The molecule has 0 radical (unpaired) electrons. The van der Waals surface area contributed by atoms with E-state index < -0.39 is 29.6 Å². The Bertz CT molecular complexity index is 283. The normalized spacial score (nSPS) is 25.2. The molecule has 1 aliphatic heterocycles. The van der Waals surface area contributed by atoms with E-state index in [4.69, 9.17) is 14.6 Å². The Balaban J connectivity index is 2.47. The predicted molar refractivity (Wildman–Crippen MR) is 55.1 cm³/mol. The summed E-state index contributed by atoms with van der Waals surface area (Å²) in [6.45, 7) is 5.55. The number of alkyl carbamates (subject to hydrolysis) is 1. The van der Waals surface area contributed by atoms with Gasteiger partial charge in [0.15, 0.2) is 0 Å². The molecular formula is C10H17NO5. The van der Waals surface area contributed by atoms with Gasteiger partial charge in [0.1, 0.15) is 11.5 Å². The van der Waals surface area contributed by atoms with E-state index in [0.717, 1.165) is 0 Å². The molecular weight excluding hydrogens is 214 g/mol. The van der Waals surface area contributed by atoms with Crippen molar-refractivity contribution < 1.29 is 24.2 Å². The summed E-state index contributed by atoms with van der Waals surface area (Å²) in [5.74, 6) is -1.67. The molecule has 6 nitrogen and oxygen atoms in total. The number of carbonyl (C=O) groups excluding carboxylic acids is 1. The maximum absolute atomic E-state index is 11.4. The minimum Gasteiger partial charge on any atom is -0.481 e. The monoisotopic (exact) mass is 231 g/mol. The number of amides is 1. The molecule has 1 fully saturated rings. The van der Waals surface area contributed by atoms with Gasteiger partial charge in [-0.15, -0.1) is 0 Å². The van der Waals surface area contributed by atoms with E-state index in [-0.39, 0.29) is 13.2 Å². The molecule has 0 saturated carbocycles. The largest absolute Gasteiger partial charge is 0.481 e. The topological polar surface area (TPSA) is 84.9 Å². The molecule has 2 atom stereocenters. The van der Waals surface area contributed by atoms with Crippen LogP contribution in [0.1, 0.15) is 20.8 Å². The molecule has 1 saturated heterocycles. The van der Waals surface area contributed by atoms with Gasteiger partial charge in [0.05, 0.1) is 19.3 Å². The number of carboxylic acid groups (broad SMARTS) is 1. The van der Waals surface area contributed by atoms with Gasteiger partial charge in [-0.25, -0.2) is 4.79 Å². The first kappa shape index (κ1) is 12.8. The van der Waals surface area contributed by atoms with Crippen molar-refractivity contribution in [2.45, 2.75) is 32.4 Å². The fourth-order valence-electron chi connectivity index (χ4n) is 1.40. The summed E-state index contributed by atoms with van der Waals surface area (Å²) in [4.78, 5) is 22.2. The van der Waals surface area contributed by atoms with E-state index in [9.17, 15) is 9.59 Å². The SMILES string of the molecule is CC(C)(C)OC(=O)N[C@@H]1COC[C@@H]1C(=O)O. The second-order valence-electron chi connectivity index (χ2n) is 4.73. The summed E-state index contributed by atoms with van der Waals surface area (Å²) < 4.78 is 10.0. The van der Waals surface area contributed by atoms with E-state index in [1.165, 1.54) is 0 Å². The highest BCUT2D eigenvalue weighted by atomic mass is 16.6. The zero-order valence-corrected chi connectivity index (χ0v) is 9.65. The first-order valence-electron chi connectivity index (χ1n) is 5.09. The Morgan fingerprint density at radius 1 is 1.38 bits per heavy atom. The second-order valence-corrected chi connectivity index (χ2v) is 4.73. The first-order chi connectivity index (χ1) is 7.29. The average Bonchev–Trinajstić information content (AvgIpc) is 2.47. The number of hydrogen-bond donors (Lipinski definition) is 2. The van der Waals surface area contributed by atoms with Gasteiger partial charge in [-0.1, -0.05) is 0 Å². The quantitative estimate of drug-likeness (QED) is 0.727. The fraction of sp³-hybridized carbons (Fsp3) is 0.800. The van der Waals surface area contributed by atoms with Crippen LogP contribution in [0.4, 0.5) is 4.79 Å². The molecule has 0 aromatic heterocycles. The van der Waals surface area contributed by atoms with Crippen LogP contribution in [0.3, 0.4) is 0 Å². The molecule has 16 heavy (non-hydrogen) atoms. The van der Waals surface area contributed by atoms with Crippen LogP contribution in [0.5, 0.6) is 0 Å². The van der Waals surface area contributed by atoms with Crippen molar-refractivity contribution in [1.82, 2.24) is 5.32 Å². The molecule has 0 bridgehead atoms. The Morgan fingerprint density at radius 2 is 2.00 bits per heavy atom. The summed E-state index contributed by atoms with van der Waals surface area (Å²) in [7, 11) is 0. The summed E-state index contributed by atoms with van der Waals surface area (Å²) >= 11 is 0. The number of ether oxygens (including phenoxy) is 2. The van der Waals surface area contributed by atoms with Gasteiger partial charge in [0.2, 0.25) is 0 Å². The van der Waals surface area contributed by atoms with Gasteiger partial charge < -0.3 is 19.9 Å². The van der Waals surface area contributed by atoms with Gasteiger partial charge in [-0.2, -0.15) is 0 Å². The van der Waals surface area contributed by atoms with Crippen molar-refractivity contribution in [2.24, 2.45) is 5.92 Å². The Morgan fingerprint density at radius 3 is 2.50 bits per heavy atom. The van der Waals surface area contributed by atoms with E-state index in [2.05, 4.69) is 5.32 Å². The zero-order chi connectivity index (χ0) is 12.3. The molecule has 1 amide bonds. The van der Waals surface area contributed by atoms with E-state index in [1.807, 2.05) is 0 Å². The summed E-state index contributed by atoms with van der Waals surface area (Å²) in [6, 6.07) is -0.521. The third kappa shape index (κ3) is 3.69. The maximum atomic E-state index is 11.4. The lowest BCUT2D eigenvalue weighted by Crippen LogP contribution is -2.44. The highest BCUT2D eigenvalue weighted by Gasteiger charge is 2.35. The molecule has 2 N–H and O–H groups in total. The van der Waals surface area contributed by atoms with Crippen molar-refractivity contribution in [1.29, 1.82) is 0 Å². The Hall–Kier alpha value is -1.30. The smallest absolute Gasteiger partial charge is 0.407 e. The standard InChI is InChI=1S/C10H17NO5/c1-10(2,3)16-9(14)11-7-5-15-4-6(7)8(12)13/h6-7H,4-5H2,1-3H3,(H,11,14)(H,12,13)/t6-,7+/m0/s1. The third-order valence-corrected chi connectivity index (χ3v) is 2.10. The molecule has 0 aliphatic carbocycles. The van der Waals surface area contributed by atoms with E-state index in [0.29, 0.717) is 0 Å². The molecule has 6 heteroatoms. The molecule has 0 aromatic rings. The lowest BCUT2D eigenvalue weighted by molar-refractivity contribution is -0.142. The minimum atomic E-state index is -0.974. The van der Waals surface area contributed by atoms with Gasteiger partial charge >= 0.3 is 12.1 Å². The Labute approximate surface area is 93.9 Å². The molecule has 0 spiro atoms. The molecule has 1 heterocycles. The van der Waals surface area contributed by atoms with E-state index in [1.54, 1.807) is 20.8 Å². The van der Waals surface area contributed by atoms with Crippen LogP contribution in [0.2, 0.25) is 0 Å². The van der Waals surface area contributed by atoms with E-state index >= 15 is 0 Å². The average molecular weight is 231 g/mol.